The Morgan fingerprint density at radius 1 is 1.17 bits per heavy atom. The Bertz CT molecular complexity index is 154. The summed E-state index contributed by atoms with van der Waals surface area (Å²) >= 11 is 0. The van der Waals surface area contributed by atoms with Gasteiger partial charge in [-0.2, -0.15) is 0 Å². The lowest BCUT2D eigenvalue weighted by Gasteiger charge is -2.46. The van der Waals surface area contributed by atoms with E-state index < -0.39 is 0 Å². The molecule has 2 aliphatic rings. The second-order valence-corrected chi connectivity index (χ2v) is 4.43. The third-order valence-electron chi connectivity index (χ3n) is 3.43. The van der Waals surface area contributed by atoms with Crippen LogP contribution in [0.2, 0.25) is 0 Å². The van der Waals surface area contributed by atoms with E-state index in [4.69, 9.17) is 0 Å². The Balaban J connectivity index is 1.88. The van der Waals surface area contributed by atoms with Crippen LogP contribution in [-0.4, -0.2) is 48.6 Å². The van der Waals surface area contributed by atoms with E-state index in [9.17, 15) is 0 Å². The van der Waals surface area contributed by atoms with Crippen LogP contribution >= 0.6 is 0 Å². The maximum absolute atomic E-state index is 2.71. The molecule has 1 saturated carbocycles. The average molecular weight is 168 g/mol. The van der Waals surface area contributed by atoms with Gasteiger partial charge in [0.2, 0.25) is 0 Å². The Morgan fingerprint density at radius 3 is 2.42 bits per heavy atom. The monoisotopic (exact) mass is 168 g/mol. The van der Waals surface area contributed by atoms with Gasteiger partial charge in [0.1, 0.15) is 0 Å². The van der Waals surface area contributed by atoms with E-state index in [1.165, 1.54) is 38.9 Å². The summed E-state index contributed by atoms with van der Waals surface area (Å²) in [6.45, 7) is 6.19. The molecule has 1 aliphatic carbocycles. The van der Waals surface area contributed by atoms with Gasteiger partial charge in [-0.3, -0.25) is 4.90 Å². The van der Waals surface area contributed by atoms with E-state index in [0.29, 0.717) is 0 Å². The van der Waals surface area contributed by atoms with E-state index in [0.717, 1.165) is 12.1 Å². The van der Waals surface area contributed by atoms with E-state index in [-0.39, 0.29) is 0 Å². The smallest absolute Gasteiger partial charge is 0.0198 e. The summed E-state index contributed by atoms with van der Waals surface area (Å²) in [6, 6.07) is 1.72. The lowest BCUT2D eigenvalue weighted by molar-refractivity contribution is 0.0292. The van der Waals surface area contributed by atoms with Crippen molar-refractivity contribution < 1.29 is 0 Å². The molecule has 70 valence electrons. The molecule has 0 aromatic rings. The molecule has 0 radical (unpaired) electrons. The third kappa shape index (κ3) is 1.50. The first-order valence-electron chi connectivity index (χ1n) is 5.21. The molecule has 0 spiro atoms. The van der Waals surface area contributed by atoms with E-state index in [2.05, 4.69) is 23.8 Å². The molecule has 2 fully saturated rings. The second-order valence-electron chi connectivity index (χ2n) is 4.43. The largest absolute Gasteiger partial charge is 0.304 e. The molecule has 1 saturated heterocycles. The fourth-order valence-electron chi connectivity index (χ4n) is 2.41. The summed E-state index contributed by atoms with van der Waals surface area (Å²) in [5, 5.41) is 0. The van der Waals surface area contributed by atoms with Crippen molar-refractivity contribution in [2.24, 2.45) is 0 Å². The van der Waals surface area contributed by atoms with Crippen LogP contribution in [0, 0.1) is 0 Å². The van der Waals surface area contributed by atoms with Gasteiger partial charge in [-0.05, 0) is 26.8 Å². The van der Waals surface area contributed by atoms with Gasteiger partial charge in [0.05, 0.1) is 0 Å². The van der Waals surface area contributed by atoms with Crippen molar-refractivity contribution in [3.63, 3.8) is 0 Å². The highest BCUT2D eigenvalue weighted by molar-refractivity contribution is 4.87. The number of rotatable bonds is 1. The van der Waals surface area contributed by atoms with Gasteiger partial charge >= 0.3 is 0 Å². The van der Waals surface area contributed by atoms with Gasteiger partial charge in [-0.15, -0.1) is 0 Å². The summed E-state index contributed by atoms with van der Waals surface area (Å²) in [5.41, 5.74) is 0. The highest BCUT2D eigenvalue weighted by Gasteiger charge is 2.31. The zero-order chi connectivity index (χ0) is 8.55. The molecule has 0 aromatic heterocycles. The summed E-state index contributed by atoms with van der Waals surface area (Å²) < 4.78 is 0. The predicted octanol–water partition coefficient (Wildman–Crippen LogP) is 1.17. The molecule has 0 bridgehead atoms. The summed E-state index contributed by atoms with van der Waals surface area (Å²) in [7, 11) is 2.23. The van der Waals surface area contributed by atoms with Crippen molar-refractivity contribution in [1.82, 2.24) is 9.80 Å². The Labute approximate surface area is 75.5 Å². The summed E-state index contributed by atoms with van der Waals surface area (Å²) in [5.74, 6) is 0. The maximum Gasteiger partial charge on any atom is 0.0198 e. The van der Waals surface area contributed by atoms with Gasteiger partial charge in [-0.25, -0.2) is 0 Å². The van der Waals surface area contributed by atoms with Crippen LogP contribution in [0.1, 0.15) is 26.2 Å². The molecular formula is C10H20N2. The quantitative estimate of drug-likeness (QED) is 0.580. The van der Waals surface area contributed by atoms with Crippen LogP contribution in [0.3, 0.4) is 0 Å². The van der Waals surface area contributed by atoms with Gasteiger partial charge < -0.3 is 4.90 Å². The SMILES string of the molecule is C[C@H]1CN(C)CCN1C1CCC1. The van der Waals surface area contributed by atoms with Gasteiger partial charge in [0.15, 0.2) is 0 Å². The molecule has 0 N–H and O–H groups in total. The van der Waals surface area contributed by atoms with Gasteiger partial charge in [-0.1, -0.05) is 6.42 Å². The van der Waals surface area contributed by atoms with Crippen LogP contribution in [0.15, 0.2) is 0 Å². The lowest BCUT2D eigenvalue weighted by atomic mass is 9.90. The molecule has 1 heterocycles. The minimum atomic E-state index is 0.786. The summed E-state index contributed by atoms with van der Waals surface area (Å²) in [6.07, 6.45) is 4.37. The molecule has 0 unspecified atom stereocenters. The normalized spacial score (nSPS) is 35.0. The standard InChI is InChI=1S/C10H20N2/c1-9-8-11(2)6-7-12(9)10-4-3-5-10/h9-10H,3-8H2,1-2H3/t9-/m0/s1. The second kappa shape index (κ2) is 3.35. The van der Waals surface area contributed by atoms with Crippen molar-refractivity contribution >= 4 is 0 Å². The van der Waals surface area contributed by atoms with Gasteiger partial charge in [0, 0.05) is 31.7 Å². The van der Waals surface area contributed by atoms with Crippen LogP contribution in [-0.2, 0) is 0 Å². The fourth-order valence-corrected chi connectivity index (χ4v) is 2.41. The first-order valence-corrected chi connectivity index (χ1v) is 5.21. The molecule has 0 aromatic carbocycles. The molecule has 1 aliphatic heterocycles. The maximum atomic E-state index is 2.71. The minimum Gasteiger partial charge on any atom is -0.304 e. The number of hydrogen-bond donors (Lipinski definition) is 0. The zero-order valence-electron chi connectivity index (χ0n) is 8.29. The third-order valence-corrected chi connectivity index (χ3v) is 3.43. The molecule has 1 atom stereocenters. The topological polar surface area (TPSA) is 6.48 Å². The zero-order valence-corrected chi connectivity index (χ0v) is 8.29. The fraction of sp³-hybridized carbons (Fsp3) is 1.00. The lowest BCUT2D eigenvalue weighted by Crippen LogP contribution is -2.55. The van der Waals surface area contributed by atoms with Crippen LogP contribution in [0.25, 0.3) is 0 Å². The number of hydrogen-bond acceptors (Lipinski definition) is 2. The Morgan fingerprint density at radius 2 is 1.92 bits per heavy atom. The Hall–Kier alpha value is -0.0800. The minimum absolute atomic E-state index is 0.786. The van der Waals surface area contributed by atoms with Crippen molar-refractivity contribution in [1.29, 1.82) is 0 Å². The molecule has 2 nitrogen and oxygen atoms in total. The molecule has 12 heavy (non-hydrogen) atoms. The first-order chi connectivity index (χ1) is 5.77. The predicted molar refractivity (Wildman–Crippen MR) is 51.3 cm³/mol. The summed E-state index contributed by atoms with van der Waals surface area (Å²) in [4.78, 5) is 5.16. The number of piperazine rings is 1. The van der Waals surface area contributed by atoms with Gasteiger partial charge in [0.25, 0.3) is 0 Å². The highest BCUT2D eigenvalue weighted by atomic mass is 15.3. The highest BCUT2D eigenvalue weighted by Crippen LogP contribution is 2.27. The number of nitrogens with zero attached hydrogens (tertiary/aromatic N) is 2. The van der Waals surface area contributed by atoms with E-state index in [1.54, 1.807) is 0 Å². The average Bonchev–Trinajstić information content (AvgIpc) is 1.91. The van der Waals surface area contributed by atoms with E-state index in [1.807, 2.05) is 0 Å². The molecular weight excluding hydrogens is 148 g/mol. The Kier molecular flexibility index (Phi) is 2.37. The van der Waals surface area contributed by atoms with Crippen molar-refractivity contribution in [2.75, 3.05) is 26.7 Å². The van der Waals surface area contributed by atoms with E-state index >= 15 is 0 Å². The van der Waals surface area contributed by atoms with Crippen molar-refractivity contribution in [2.45, 2.75) is 38.3 Å². The van der Waals surface area contributed by atoms with Crippen LogP contribution in [0.5, 0.6) is 0 Å². The van der Waals surface area contributed by atoms with Crippen molar-refractivity contribution in [3.8, 4) is 0 Å². The van der Waals surface area contributed by atoms with Crippen molar-refractivity contribution in [3.05, 3.63) is 0 Å². The van der Waals surface area contributed by atoms with Crippen LogP contribution in [0.4, 0.5) is 0 Å². The van der Waals surface area contributed by atoms with Crippen LogP contribution < -0.4 is 0 Å². The molecule has 2 heteroatoms. The number of likely N-dealkylation sites (N-methyl/N-ethyl adjacent to an activating group) is 1. The molecule has 2 rings (SSSR count). The molecule has 0 amide bonds. The first kappa shape index (κ1) is 8.52.